The van der Waals surface area contributed by atoms with Gasteiger partial charge in [0, 0.05) is 23.8 Å². The molecule has 0 atom stereocenters. The maximum absolute atomic E-state index is 13.5. The Morgan fingerprint density at radius 1 is 1.00 bits per heavy atom. The monoisotopic (exact) mass is 393 g/mol. The van der Waals surface area contributed by atoms with Gasteiger partial charge in [-0.05, 0) is 23.9 Å². The lowest BCUT2D eigenvalue weighted by atomic mass is 10.1. The SMILES string of the molecule is O=C(/C=C/c1c(F)cc(F)cc1F)NC(=S)NNC(=O)Cc1ccccc1. The van der Waals surface area contributed by atoms with E-state index in [1.165, 1.54) is 0 Å². The summed E-state index contributed by atoms with van der Waals surface area (Å²) in [6.07, 6.45) is 1.77. The molecule has 0 heterocycles. The van der Waals surface area contributed by atoms with E-state index in [1.54, 1.807) is 24.3 Å². The van der Waals surface area contributed by atoms with Gasteiger partial charge < -0.3 is 0 Å². The molecule has 27 heavy (non-hydrogen) atoms. The van der Waals surface area contributed by atoms with Gasteiger partial charge in [-0.15, -0.1) is 0 Å². The number of thiocarbonyl (C=S) groups is 1. The van der Waals surface area contributed by atoms with Crippen LogP contribution in [0.1, 0.15) is 11.1 Å². The molecule has 2 amide bonds. The van der Waals surface area contributed by atoms with Crippen molar-refractivity contribution in [2.24, 2.45) is 0 Å². The number of halogens is 3. The van der Waals surface area contributed by atoms with Gasteiger partial charge in [0.05, 0.1) is 6.42 Å². The Labute approximate surface area is 158 Å². The van der Waals surface area contributed by atoms with Gasteiger partial charge in [-0.1, -0.05) is 30.3 Å². The van der Waals surface area contributed by atoms with Crippen LogP contribution in [0.3, 0.4) is 0 Å². The topological polar surface area (TPSA) is 70.2 Å². The molecule has 2 rings (SSSR count). The fourth-order valence-electron chi connectivity index (χ4n) is 2.01. The van der Waals surface area contributed by atoms with Crippen LogP contribution in [0.15, 0.2) is 48.5 Å². The normalized spacial score (nSPS) is 10.5. The van der Waals surface area contributed by atoms with E-state index in [-0.39, 0.29) is 17.4 Å². The Morgan fingerprint density at radius 2 is 1.63 bits per heavy atom. The molecule has 0 aliphatic rings. The standard InChI is InChI=1S/C18H14F3N3O2S/c19-12-9-14(20)13(15(21)10-12)6-7-16(25)22-18(27)24-23-17(26)8-11-4-2-1-3-5-11/h1-7,9-10H,8H2,(H,23,26)(H2,22,24,25,27)/b7-6+. The van der Waals surface area contributed by atoms with Crippen molar-refractivity contribution < 1.29 is 22.8 Å². The van der Waals surface area contributed by atoms with Crippen molar-refractivity contribution >= 4 is 35.2 Å². The highest BCUT2D eigenvalue weighted by Gasteiger charge is 2.10. The Kier molecular flexibility index (Phi) is 7.07. The van der Waals surface area contributed by atoms with E-state index in [0.717, 1.165) is 17.7 Å². The van der Waals surface area contributed by atoms with E-state index in [9.17, 15) is 22.8 Å². The second-order valence-electron chi connectivity index (χ2n) is 5.27. The van der Waals surface area contributed by atoms with E-state index < -0.39 is 28.9 Å². The molecule has 0 radical (unpaired) electrons. The van der Waals surface area contributed by atoms with Crippen molar-refractivity contribution in [3.05, 3.63) is 77.1 Å². The molecule has 5 nitrogen and oxygen atoms in total. The van der Waals surface area contributed by atoms with Crippen molar-refractivity contribution in [3.63, 3.8) is 0 Å². The van der Waals surface area contributed by atoms with Crippen LogP contribution in [0, 0.1) is 17.5 Å². The van der Waals surface area contributed by atoms with Crippen LogP contribution in [-0.2, 0) is 16.0 Å². The van der Waals surface area contributed by atoms with Crippen LogP contribution in [0.4, 0.5) is 13.2 Å². The molecular weight excluding hydrogens is 379 g/mol. The van der Waals surface area contributed by atoms with E-state index in [2.05, 4.69) is 16.2 Å². The molecule has 0 saturated heterocycles. The van der Waals surface area contributed by atoms with Crippen LogP contribution in [0.25, 0.3) is 6.08 Å². The second kappa shape index (κ2) is 9.48. The number of hydrogen-bond acceptors (Lipinski definition) is 3. The lowest BCUT2D eigenvalue weighted by Crippen LogP contribution is -2.48. The summed E-state index contributed by atoms with van der Waals surface area (Å²) in [4.78, 5) is 23.4. The van der Waals surface area contributed by atoms with Gasteiger partial charge in [0.1, 0.15) is 17.5 Å². The van der Waals surface area contributed by atoms with Gasteiger partial charge in [-0.2, -0.15) is 0 Å². The molecule has 0 fully saturated rings. The lowest BCUT2D eigenvalue weighted by Gasteiger charge is -2.09. The van der Waals surface area contributed by atoms with Crippen molar-refractivity contribution in [2.45, 2.75) is 6.42 Å². The Bertz CT molecular complexity index is 866. The van der Waals surface area contributed by atoms with Crippen molar-refractivity contribution in [3.8, 4) is 0 Å². The molecule has 0 spiro atoms. The number of carbonyl (C=O) groups is 2. The van der Waals surface area contributed by atoms with Crippen LogP contribution in [0.5, 0.6) is 0 Å². The minimum absolute atomic E-state index is 0.105. The molecule has 2 aromatic carbocycles. The zero-order valence-corrected chi connectivity index (χ0v) is 14.6. The summed E-state index contributed by atoms with van der Waals surface area (Å²) < 4.78 is 39.8. The molecule has 0 aliphatic heterocycles. The van der Waals surface area contributed by atoms with Crippen LogP contribution < -0.4 is 16.2 Å². The van der Waals surface area contributed by atoms with Gasteiger partial charge in [-0.3, -0.25) is 25.8 Å². The predicted octanol–water partition coefficient (Wildman–Crippen LogP) is 2.38. The summed E-state index contributed by atoms with van der Waals surface area (Å²) in [6.45, 7) is 0. The Hall–Kier alpha value is -3.20. The number of hydrazine groups is 1. The third kappa shape index (κ3) is 6.55. The summed E-state index contributed by atoms with van der Waals surface area (Å²) in [5, 5.41) is 1.96. The first-order valence-corrected chi connectivity index (χ1v) is 8.02. The van der Waals surface area contributed by atoms with E-state index in [0.29, 0.717) is 12.1 Å². The fourth-order valence-corrected chi connectivity index (χ4v) is 2.16. The van der Waals surface area contributed by atoms with Gasteiger partial charge >= 0.3 is 0 Å². The minimum Gasteiger partial charge on any atom is -0.298 e. The molecule has 0 saturated carbocycles. The summed E-state index contributed by atoms with van der Waals surface area (Å²) in [7, 11) is 0. The van der Waals surface area contributed by atoms with Crippen molar-refractivity contribution in [2.75, 3.05) is 0 Å². The molecule has 0 aliphatic carbocycles. The smallest absolute Gasteiger partial charge is 0.250 e. The molecule has 3 N–H and O–H groups in total. The molecule has 0 unspecified atom stereocenters. The van der Waals surface area contributed by atoms with E-state index in [1.807, 2.05) is 6.07 Å². The summed E-state index contributed by atoms with van der Waals surface area (Å²) in [5.41, 5.74) is 4.86. The third-order valence-corrected chi connectivity index (χ3v) is 3.41. The largest absolute Gasteiger partial charge is 0.298 e. The highest BCUT2D eigenvalue weighted by Crippen LogP contribution is 2.16. The Balaban J connectivity index is 1.82. The zero-order chi connectivity index (χ0) is 19.8. The quantitative estimate of drug-likeness (QED) is 0.424. The average molecular weight is 393 g/mol. The average Bonchev–Trinajstić information content (AvgIpc) is 2.60. The first-order valence-electron chi connectivity index (χ1n) is 7.61. The van der Waals surface area contributed by atoms with Crippen LogP contribution >= 0.6 is 12.2 Å². The molecule has 140 valence electrons. The van der Waals surface area contributed by atoms with Gasteiger partial charge in [0.15, 0.2) is 5.11 Å². The first kappa shape index (κ1) is 20.1. The van der Waals surface area contributed by atoms with Crippen LogP contribution in [0.2, 0.25) is 0 Å². The molecule has 2 aromatic rings. The number of nitrogens with one attached hydrogen (secondary N) is 3. The van der Waals surface area contributed by atoms with E-state index in [4.69, 9.17) is 12.2 Å². The van der Waals surface area contributed by atoms with Crippen molar-refractivity contribution in [1.82, 2.24) is 16.2 Å². The number of hydrogen-bond donors (Lipinski definition) is 3. The summed E-state index contributed by atoms with van der Waals surface area (Å²) >= 11 is 4.82. The fraction of sp³-hybridized carbons (Fsp3) is 0.0556. The van der Waals surface area contributed by atoms with Gasteiger partial charge in [-0.25, -0.2) is 13.2 Å². The summed E-state index contributed by atoms with van der Waals surface area (Å²) in [6, 6.07) is 9.95. The number of carbonyl (C=O) groups excluding carboxylic acids is 2. The third-order valence-electron chi connectivity index (χ3n) is 3.20. The van der Waals surface area contributed by atoms with Gasteiger partial charge in [0.2, 0.25) is 11.8 Å². The molecule has 0 aromatic heterocycles. The van der Waals surface area contributed by atoms with Crippen molar-refractivity contribution in [1.29, 1.82) is 0 Å². The molecule has 9 heteroatoms. The van der Waals surface area contributed by atoms with E-state index >= 15 is 0 Å². The molecular formula is C18H14F3N3O2S. The van der Waals surface area contributed by atoms with Crippen LogP contribution in [-0.4, -0.2) is 16.9 Å². The zero-order valence-electron chi connectivity index (χ0n) is 13.8. The summed E-state index contributed by atoms with van der Waals surface area (Å²) in [5.74, 6) is -4.55. The number of benzene rings is 2. The minimum atomic E-state index is -1.15. The predicted molar refractivity (Wildman–Crippen MR) is 97.5 cm³/mol. The lowest BCUT2D eigenvalue weighted by molar-refractivity contribution is -0.121. The Morgan fingerprint density at radius 3 is 2.26 bits per heavy atom. The maximum atomic E-state index is 13.5. The highest BCUT2D eigenvalue weighted by molar-refractivity contribution is 7.80. The number of rotatable bonds is 4. The maximum Gasteiger partial charge on any atom is 0.250 e. The van der Waals surface area contributed by atoms with Gasteiger partial charge in [0.25, 0.3) is 0 Å². The highest BCUT2D eigenvalue weighted by atomic mass is 32.1. The number of amides is 2. The second-order valence-corrected chi connectivity index (χ2v) is 5.68. The molecule has 0 bridgehead atoms. The first-order chi connectivity index (χ1) is 12.8.